The zero-order chi connectivity index (χ0) is 19.5. The number of anilines is 2. The summed E-state index contributed by atoms with van der Waals surface area (Å²) in [4.78, 5) is 11.2. The number of nitrogens with one attached hydrogen (secondary N) is 2. The summed E-state index contributed by atoms with van der Waals surface area (Å²) in [6.45, 7) is 7.40. The van der Waals surface area contributed by atoms with E-state index in [1.54, 1.807) is 43.5 Å². The Balaban J connectivity index is 2.31. The van der Waals surface area contributed by atoms with Crippen molar-refractivity contribution in [2.75, 3.05) is 17.1 Å². The van der Waals surface area contributed by atoms with Crippen molar-refractivity contribution < 1.29 is 17.9 Å². The lowest BCUT2D eigenvalue weighted by atomic mass is 9.86. The number of amides is 1. The molecule has 140 valence electrons. The van der Waals surface area contributed by atoms with E-state index in [0.717, 1.165) is 5.56 Å². The van der Waals surface area contributed by atoms with E-state index in [1.807, 2.05) is 20.8 Å². The van der Waals surface area contributed by atoms with Gasteiger partial charge < -0.3 is 10.1 Å². The van der Waals surface area contributed by atoms with Crippen LogP contribution in [0.1, 0.15) is 33.3 Å². The Morgan fingerprint density at radius 3 is 2.08 bits per heavy atom. The topological polar surface area (TPSA) is 84.5 Å². The summed E-state index contributed by atoms with van der Waals surface area (Å²) in [6.07, 6.45) is 0. The highest BCUT2D eigenvalue weighted by molar-refractivity contribution is 7.92. The fraction of sp³-hybridized carbons (Fsp3) is 0.316. The van der Waals surface area contributed by atoms with E-state index in [4.69, 9.17) is 4.74 Å². The molecule has 0 heterocycles. The molecule has 7 heteroatoms. The molecule has 0 unspecified atom stereocenters. The van der Waals surface area contributed by atoms with Gasteiger partial charge in [-0.25, -0.2) is 8.42 Å². The van der Waals surface area contributed by atoms with Gasteiger partial charge in [0, 0.05) is 23.9 Å². The van der Waals surface area contributed by atoms with Crippen molar-refractivity contribution in [1.82, 2.24) is 0 Å². The van der Waals surface area contributed by atoms with Crippen LogP contribution in [-0.2, 0) is 20.2 Å². The molecule has 6 nitrogen and oxygen atoms in total. The monoisotopic (exact) mass is 376 g/mol. The lowest BCUT2D eigenvalue weighted by Crippen LogP contribution is -2.17. The Labute approximate surface area is 154 Å². The summed E-state index contributed by atoms with van der Waals surface area (Å²) in [5.41, 5.74) is 1.55. The smallest absolute Gasteiger partial charge is 0.261 e. The van der Waals surface area contributed by atoms with Crippen LogP contribution in [0.3, 0.4) is 0 Å². The van der Waals surface area contributed by atoms with Crippen LogP contribution in [0.4, 0.5) is 11.4 Å². The van der Waals surface area contributed by atoms with Crippen LogP contribution in [0, 0.1) is 0 Å². The molecule has 1 amide bonds. The number of carbonyl (C=O) groups is 1. The minimum absolute atomic E-state index is 0.161. The highest BCUT2D eigenvalue weighted by Gasteiger charge is 2.23. The summed E-state index contributed by atoms with van der Waals surface area (Å²) >= 11 is 0. The van der Waals surface area contributed by atoms with Crippen molar-refractivity contribution in [3.05, 3.63) is 48.0 Å². The molecule has 0 aromatic heterocycles. The van der Waals surface area contributed by atoms with Gasteiger partial charge in [-0.2, -0.15) is 0 Å². The number of hydrogen-bond donors (Lipinski definition) is 2. The molecule has 0 aliphatic carbocycles. The molecule has 0 fully saturated rings. The molecule has 0 atom stereocenters. The SMILES string of the molecule is COc1ccc(S(=O)(=O)Nc2ccc(NC(C)=O)cc2)cc1C(C)(C)C. The summed E-state index contributed by atoms with van der Waals surface area (Å²) in [6, 6.07) is 11.3. The van der Waals surface area contributed by atoms with Gasteiger partial charge in [-0.05, 0) is 47.9 Å². The van der Waals surface area contributed by atoms with Crippen molar-refractivity contribution >= 4 is 27.3 Å². The maximum Gasteiger partial charge on any atom is 0.261 e. The van der Waals surface area contributed by atoms with Gasteiger partial charge in [0.1, 0.15) is 5.75 Å². The van der Waals surface area contributed by atoms with Gasteiger partial charge in [0.15, 0.2) is 0 Å². The van der Waals surface area contributed by atoms with Gasteiger partial charge in [0.2, 0.25) is 5.91 Å². The molecule has 0 spiro atoms. The molecular formula is C19H24N2O4S. The van der Waals surface area contributed by atoms with Crippen LogP contribution in [0.25, 0.3) is 0 Å². The van der Waals surface area contributed by atoms with Gasteiger partial charge in [0.05, 0.1) is 12.0 Å². The van der Waals surface area contributed by atoms with Crippen molar-refractivity contribution in [1.29, 1.82) is 0 Å². The first-order chi connectivity index (χ1) is 12.0. The minimum Gasteiger partial charge on any atom is -0.496 e. The van der Waals surface area contributed by atoms with Crippen LogP contribution in [0.15, 0.2) is 47.4 Å². The quantitative estimate of drug-likeness (QED) is 0.832. The van der Waals surface area contributed by atoms with Crippen molar-refractivity contribution in [3.8, 4) is 5.75 Å². The summed E-state index contributed by atoms with van der Waals surface area (Å²) in [5.74, 6) is 0.461. The third-order valence-corrected chi connectivity index (χ3v) is 5.13. The van der Waals surface area contributed by atoms with E-state index in [0.29, 0.717) is 17.1 Å². The molecule has 2 rings (SSSR count). The van der Waals surface area contributed by atoms with E-state index >= 15 is 0 Å². The van der Waals surface area contributed by atoms with Crippen LogP contribution in [-0.4, -0.2) is 21.4 Å². The molecule has 0 bridgehead atoms. The number of methoxy groups -OCH3 is 1. The van der Waals surface area contributed by atoms with Gasteiger partial charge in [0.25, 0.3) is 10.0 Å². The van der Waals surface area contributed by atoms with Crippen molar-refractivity contribution in [2.24, 2.45) is 0 Å². The molecule has 0 saturated carbocycles. The number of benzene rings is 2. The fourth-order valence-electron chi connectivity index (χ4n) is 2.48. The number of carbonyl (C=O) groups excluding carboxylic acids is 1. The highest BCUT2D eigenvalue weighted by atomic mass is 32.2. The minimum atomic E-state index is -3.75. The average molecular weight is 376 g/mol. The second-order valence-corrected chi connectivity index (χ2v) is 8.66. The molecule has 0 aliphatic rings. The normalized spacial score (nSPS) is 11.7. The zero-order valence-electron chi connectivity index (χ0n) is 15.6. The van der Waals surface area contributed by atoms with Crippen molar-refractivity contribution in [3.63, 3.8) is 0 Å². The Morgan fingerprint density at radius 1 is 1.00 bits per heavy atom. The van der Waals surface area contributed by atoms with E-state index in [1.165, 1.54) is 13.0 Å². The maximum atomic E-state index is 12.7. The molecular weight excluding hydrogens is 352 g/mol. The van der Waals surface area contributed by atoms with Gasteiger partial charge in [-0.1, -0.05) is 20.8 Å². The lowest BCUT2D eigenvalue weighted by molar-refractivity contribution is -0.114. The standard InChI is InChI=1S/C19H24N2O4S/c1-13(22)20-14-6-8-15(9-7-14)21-26(23,24)16-10-11-18(25-5)17(12-16)19(2,3)4/h6-12,21H,1-5H3,(H,20,22). The van der Waals surface area contributed by atoms with Crippen LogP contribution in [0.2, 0.25) is 0 Å². The number of hydrogen-bond acceptors (Lipinski definition) is 4. The van der Waals surface area contributed by atoms with Gasteiger partial charge in [-0.15, -0.1) is 0 Å². The predicted molar refractivity (Wildman–Crippen MR) is 103 cm³/mol. The first-order valence-electron chi connectivity index (χ1n) is 8.12. The van der Waals surface area contributed by atoms with Crippen LogP contribution in [0.5, 0.6) is 5.75 Å². The van der Waals surface area contributed by atoms with E-state index in [2.05, 4.69) is 10.0 Å². The second kappa shape index (κ2) is 7.37. The summed E-state index contributed by atoms with van der Waals surface area (Å²) in [7, 11) is -2.19. The fourth-order valence-corrected chi connectivity index (χ4v) is 3.56. The van der Waals surface area contributed by atoms with Gasteiger partial charge in [-0.3, -0.25) is 9.52 Å². The van der Waals surface area contributed by atoms with Crippen molar-refractivity contribution in [2.45, 2.75) is 38.0 Å². The summed E-state index contributed by atoms with van der Waals surface area (Å²) in [5, 5.41) is 2.63. The Bertz CT molecular complexity index is 898. The molecule has 2 aromatic rings. The average Bonchev–Trinajstić information content (AvgIpc) is 2.54. The van der Waals surface area contributed by atoms with Gasteiger partial charge >= 0.3 is 0 Å². The zero-order valence-corrected chi connectivity index (χ0v) is 16.4. The first-order valence-corrected chi connectivity index (χ1v) is 9.60. The van der Waals surface area contributed by atoms with E-state index in [9.17, 15) is 13.2 Å². The maximum absolute atomic E-state index is 12.7. The highest BCUT2D eigenvalue weighted by Crippen LogP contribution is 2.33. The Hall–Kier alpha value is -2.54. The Kier molecular flexibility index (Phi) is 5.61. The molecule has 26 heavy (non-hydrogen) atoms. The molecule has 0 aliphatic heterocycles. The molecule has 2 N–H and O–H groups in total. The number of sulfonamides is 1. The molecule has 2 aromatic carbocycles. The third kappa shape index (κ3) is 4.76. The second-order valence-electron chi connectivity index (χ2n) is 6.98. The van der Waals surface area contributed by atoms with E-state index < -0.39 is 10.0 Å². The number of ether oxygens (including phenoxy) is 1. The molecule has 0 radical (unpaired) electrons. The number of rotatable bonds is 5. The third-order valence-electron chi connectivity index (χ3n) is 3.75. The lowest BCUT2D eigenvalue weighted by Gasteiger charge is -2.23. The van der Waals surface area contributed by atoms with Crippen LogP contribution < -0.4 is 14.8 Å². The van der Waals surface area contributed by atoms with E-state index in [-0.39, 0.29) is 16.2 Å². The molecule has 0 saturated heterocycles. The Morgan fingerprint density at radius 2 is 1.58 bits per heavy atom. The predicted octanol–water partition coefficient (Wildman–Crippen LogP) is 3.75. The summed E-state index contributed by atoms with van der Waals surface area (Å²) < 4.78 is 33.3. The van der Waals surface area contributed by atoms with Crippen LogP contribution >= 0.6 is 0 Å². The first kappa shape index (κ1) is 19.8. The largest absolute Gasteiger partial charge is 0.496 e.